The Morgan fingerprint density at radius 1 is 0.649 bits per heavy atom. The van der Waals surface area contributed by atoms with E-state index in [1.807, 2.05) is 41.5 Å². The molecule has 8 amide bonds. The maximum atomic E-state index is 14.2. The third kappa shape index (κ3) is 22.9. The molecular formula is C50H82N12O12. The Morgan fingerprint density at radius 2 is 1.18 bits per heavy atom. The van der Waals surface area contributed by atoms with Crippen molar-refractivity contribution < 1.29 is 58.2 Å². The molecular weight excluding hydrogens is 961 g/mol. The number of carboxylic acids is 2. The number of hydrogen-bond donors (Lipinski definition) is 12. The smallest absolute Gasteiger partial charge is 0.326 e. The molecule has 24 nitrogen and oxygen atoms in total. The molecule has 0 aromatic heterocycles. The summed E-state index contributed by atoms with van der Waals surface area (Å²) >= 11 is 0. The number of aliphatic carboxylic acids is 2. The van der Waals surface area contributed by atoms with Gasteiger partial charge < -0.3 is 69.5 Å². The number of nitrogens with two attached hydrogens (primary N) is 3. The van der Waals surface area contributed by atoms with E-state index in [0.29, 0.717) is 18.4 Å². The topological polar surface area (TPSA) is 389 Å². The molecule has 8 atom stereocenters. The third-order valence-electron chi connectivity index (χ3n) is 12.0. The molecule has 1 heterocycles. The average molecular weight is 1040 g/mol. The summed E-state index contributed by atoms with van der Waals surface area (Å²) in [5, 5.41) is 37.3. The summed E-state index contributed by atoms with van der Waals surface area (Å²) in [6.45, 7) is 14.0. The molecule has 1 saturated heterocycles. The van der Waals surface area contributed by atoms with Crippen LogP contribution in [0, 0.1) is 23.7 Å². The van der Waals surface area contributed by atoms with Crippen LogP contribution in [0.5, 0.6) is 0 Å². The zero-order valence-electron chi connectivity index (χ0n) is 44.1. The number of aliphatic imine (C=N–C) groups is 1. The number of carbonyl (C=O) groups is 10. The summed E-state index contributed by atoms with van der Waals surface area (Å²) in [6, 6.07) is -0.793. The minimum Gasteiger partial charge on any atom is -0.481 e. The van der Waals surface area contributed by atoms with Crippen molar-refractivity contribution in [3.8, 4) is 0 Å². The van der Waals surface area contributed by atoms with Gasteiger partial charge in [-0.2, -0.15) is 0 Å². The summed E-state index contributed by atoms with van der Waals surface area (Å²) in [5.74, 6) is -9.13. The van der Waals surface area contributed by atoms with Gasteiger partial charge in [0.15, 0.2) is 5.96 Å². The number of guanidine groups is 1. The van der Waals surface area contributed by atoms with Crippen molar-refractivity contribution in [1.29, 1.82) is 0 Å². The minimum atomic E-state index is -1.28. The fourth-order valence-corrected chi connectivity index (χ4v) is 8.21. The van der Waals surface area contributed by atoms with Gasteiger partial charge in [-0.05, 0) is 80.6 Å². The lowest BCUT2D eigenvalue weighted by atomic mass is 9.98. The Balaban J connectivity index is 2.34. The molecule has 0 unspecified atom stereocenters. The van der Waals surface area contributed by atoms with Gasteiger partial charge in [-0.25, -0.2) is 4.79 Å². The van der Waals surface area contributed by atoms with E-state index < -0.39 is 120 Å². The van der Waals surface area contributed by atoms with Gasteiger partial charge in [0.05, 0.1) is 12.6 Å². The molecule has 0 bridgehead atoms. The molecule has 2 rings (SSSR count). The predicted octanol–water partition coefficient (Wildman–Crippen LogP) is -0.630. The number of hydrogen-bond acceptors (Lipinski definition) is 12. The fourth-order valence-electron chi connectivity index (χ4n) is 8.21. The van der Waals surface area contributed by atoms with Gasteiger partial charge in [0.1, 0.15) is 42.3 Å². The number of amides is 8. The molecule has 1 fully saturated rings. The zero-order valence-corrected chi connectivity index (χ0v) is 44.1. The van der Waals surface area contributed by atoms with Crippen molar-refractivity contribution in [3.05, 3.63) is 35.9 Å². The van der Waals surface area contributed by atoms with E-state index >= 15 is 0 Å². The summed E-state index contributed by atoms with van der Waals surface area (Å²) in [6.07, 6.45) is 0.786. The number of nitrogens with zero attached hydrogens (tertiary/aromatic N) is 2. The molecule has 0 radical (unpaired) electrons. The third-order valence-corrected chi connectivity index (χ3v) is 12.0. The normalized spacial score (nSPS) is 16.2. The minimum absolute atomic E-state index is 0.0159. The van der Waals surface area contributed by atoms with Crippen LogP contribution in [0.4, 0.5) is 0 Å². The standard InChI is InChI=1S/C50H82N12O12/c1-27(2)22-34(57-42(66)32(51)18-19-40(64)65)45(69)56-33(16-12-20-54-50(52)53)44(68)58-35(23-28(3)4)46(70)61-41(30(7)8)48(72)59-36(25-31-14-10-9-11-15-31)43(67)55-26-39(63)62-21-13-17-38(62)47(71)60-37(49(73)74)24-29(5)6/h9-11,14-15,27-30,32-38,41H,12-13,16-26,51H2,1-8H3,(H,55,67)(H,56,69)(H,57,66)(H,58,68)(H,59,72)(H,60,71)(H,61,70)(H,64,65)(H,73,74)(H4,52,53,54)/t32-,33-,34-,35-,36-,37-,38-,41-/m0/s1. The SMILES string of the molecule is CC(C)C[C@H](NC(=O)[C@@H]1CCCN1C(=O)CNC(=O)[C@H](Cc1ccccc1)NC(=O)[C@@H](NC(=O)[C@H](CC(C)C)NC(=O)[C@H](CCCN=C(N)N)NC(=O)[C@H](CC(C)C)NC(=O)[C@@H](N)CCC(=O)O)C(C)C)C(=O)O. The Kier molecular flexibility index (Phi) is 27.1. The highest BCUT2D eigenvalue weighted by molar-refractivity contribution is 5.98. The van der Waals surface area contributed by atoms with Gasteiger partial charge in [-0.1, -0.05) is 85.7 Å². The summed E-state index contributed by atoms with van der Waals surface area (Å²) in [5.41, 5.74) is 17.6. The maximum absolute atomic E-state index is 14.2. The second-order valence-corrected chi connectivity index (χ2v) is 20.4. The summed E-state index contributed by atoms with van der Waals surface area (Å²) in [7, 11) is 0. The number of benzene rings is 1. The van der Waals surface area contributed by atoms with Gasteiger partial charge in [0, 0.05) is 25.9 Å². The van der Waals surface area contributed by atoms with Crippen molar-refractivity contribution in [1.82, 2.24) is 42.1 Å². The van der Waals surface area contributed by atoms with E-state index in [1.165, 1.54) is 4.90 Å². The lowest BCUT2D eigenvalue weighted by molar-refractivity contribution is -0.144. The van der Waals surface area contributed by atoms with Crippen LogP contribution in [0.15, 0.2) is 35.3 Å². The Labute approximate surface area is 433 Å². The highest BCUT2D eigenvalue weighted by atomic mass is 16.4. The van der Waals surface area contributed by atoms with Crippen molar-refractivity contribution >= 4 is 65.2 Å². The number of likely N-dealkylation sites (tertiary alicyclic amines) is 1. The molecule has 74 heavy (non-hydrogen) atoms. The highest BCUT2D eigenvalue weighted by Crippen LogP contribution is 2.19. The van der Waals surface area contributed by atoms with E-state index in [1.54, 1.807) is 44.2 Å². The molecule has 414 valence electrons. The van der Waals surface area contributed by atoms with Crippen molar-refractivity contribution in [2.75, 3.05) is 19.6 Å². The van der Waals surface area contributed by atoms with Crippen LogP contribution in [0.1, 0.15) is 119 Å². The Bertz CT molecular complexity index is 2100. The Hall–Kier alpha value is -6.85. The van der Waals surface area contributed by atoms with E-state index in [0.717, 1.165) is 0 Å². The lowest BCUT2D eigenvalue weighted by Gasteiger charge is -2.29. The van der Waals surface area contributed by atoms with E-state index in [4.69, 9.17) is 22.3 Å². The average Bonchev–Trinajstić information content (AvgIpc) is 3.82. The van der Waals surface area contributed by atoms with Gasteiger partial charge in [-0.15, -0.1) is 0 Å². The van der Waals surface area contributed by atoms with Crippen molar-refractivity contribution in [2.45, 2.75) is 168 Å². The zero-order chi connectivity index (χ0) is 55.8. The number of carboxylic acid groups (broad SMARTS) is 2. The Morgan fingerprint density at radius 3 is 1.72 bits per heavy atom. The molecule has 1 aromatic carbocycles. The van der Waals surface area contributed by atoms with Crippen LogP contribution in [0.3, 0.4) is 0 Å². The largest absolute Gasteiger partial charge is 0.481 e. The molecule has 15 N–H and O–H groups in total. The molecule has 24 heteroatoms. The summed E-state index contributed by atoms with van der Waals surface area (Å²) < 4.78 is 0. The lowest BCUT2D eigenvalue weighted by Crippen LogP contribution is -2.60. The fraction of sp³-hybridized carbons (Fsp3) is 0.660. The number of carbonyl (C=O) groups excluding carboxylic acids is 8. The van der Waals surface area contributed by atoms with Crippen molar-refractivity contribution in [2.24, 2.45) is 45.9 Å². The van der Waals surface area contributed by atoms with E-state index in [9.17, 15) is 53.1 Å². The van der Waals surface area contributed by atoms with Gasteiger partial charge >= 0.3 is 11.9 Å². The molecule has 1 aromatic rings. The van der Waals surface area contributed by atoms with Crippen LogP contribution in [-0.4, -0.2) is 148 Å². The molecule has 1 aliphatic heterocycles. The van der Waals surface area contributed by atoms with Crippen LogP contribution in [0.25, 0.3) is 0 Å². The maximum Gasteiger partial charge on any atom is 0.326 e. The van der Waals surface area contributed by atoms with Crippen LogP contribution in [0.2, 0.25) is 0 Å². The van der Waals surface area contributed by atoms with Gasteiger partial charge in [0.2, 0.25) is 47.3 Å². The van der Waals surface area contributed by atoms with Gasteiger partial charge in [-0.3, -0.25) is 48.1 Å². The van der Waals surface area contributed by atoms with E-state index in [-0.39, 0.29) is 88.2 Å². The molecule has 0 aliphatic carbocycles. The second kappa shape index (κ2) is 31.7. The highest BCUT2D eigenvalue weighted by Gasteiger charge is 2.38. The number of nitrogens with one attached hydrogen (secondary N) is 7. The molecule has 1 aliphatic rings. The van der Waals surface area contributed by atoms with E-state index in [2.05, 4.69) is 42.2 Å². The first-order chi connectivity index (χ1) is 34.7. The van der Waals surface area contributed by atoms with Crippen LogP contribution in [-0.2, 0) is 54.4 Å². The van der Waals surface area contributed by atoms with Crippen molar-refractivity contribution in [3.63, 3.8) is 0 Å². The first-order valence-corrected chi connectivity index (χ1v) is 25.4. The first kappa shape index (κ1) is 63.3. The predicted molar refractivity (Wildman–Crippen MR) is 275 cm³/mol. The van der Waals surface area contributed by atoms with Crippen LogP contribution < -0.4 is 54.4 Å². The quantitative estimate of drug-likeness (QED) is 0.0243. The summed E-state index contributed by atoms with van der Waals surface area (Å²) in [4.78, 5) is 138. The molecule has 0 spiro atoms. The van der Waals surface area contributed by atoms with Crippen LogP contribution >= 0.6 is 0 Å². The molecule has 0 saturated carbocycles. The number of rotatable bonds is 32. The first-order valence-electron chi connectivity index (χ1n) is 25.4. The monoisotopic (exact) mass is 1040 g/mol. The second-order valence-electron chi connectivity index (χ2n) is 20.4. The van der Waals surface area contributed by atoms with Gasteiger partial charge in [0.25, 0.3) is 0 Å².